The summed E-state index contributed by atoms with van der Waals surface area (Å²) < 4.78 is 0. The van der Waals surface area contributed by atoms with Crippen LogP contribution in [0, 0.1) is 0 Å². The molecule has 0 radical (unpaired) electrons. The second-order valence-electron chi connectivity index (χ2n) is 2.87. The molecule has 0 aliphatic carbocycles. The zero-order valence-electron chi connectivity index (χ0n) is 7.12. The Hall–Kier alpha value is -0.810. The lowest BCUT2D eigenvalue weighted by atomic mass is 10.1. The molecule has 1 heterocycles. The molecule has 0 saturated carbocycles. The molecule has 0 spiro atoms. The predicted molar refractivity (Wildman–Crippen MR) is 42.8 cm³/mol. The molecule has 70 valence electrons. The van der Waals surface area contributed by atoms with Crippen molar-refractivity contribution < 1.29 is 14.7 Å². The highest BCUT2D eigenvalue weighted by Crippen LogP contribution is 2.09. The number of carboxylic acid groups (broad SMARTS) is 1. The molecule has 1 rings (SSSR count). The SMILES string of the molecule is CONC1CCN(C(=O)O)CC1. The zero-order chi connectivity index (χ0) is 8.97. The Morgan fingerprint density at radius 2 is 2.17 bits per heavy atom. The lowest BCUT2D eigenvalue weighted by molar-refractivity contribution is 0.0368. The number of nitrogens with zero attached hydrogens (tertiary/aromatic N) is 1. The van der Waals surface area contributed by atoms with E-state index in [1.54, 1.807) is 7.11 Å². The van der Waals surface area contributed by atoms with Gasteiger partial charge in [-0.1, -0.05) is 0 Å². The van der Waals surface area contributed by atoms with E-state index in [1.807, 2.05) is 0 Å². The summed E-state index contributed by atoms with van der Waals surface area (Å²) in [6.07, 6.45) is 0.811. The summed E-state index contributed by atoms with van der Waals surface area (Å²) in [7, 11) is 1.57. The number of hydroxylamine groups is 1. The van der Waals surface area contributed by atoms with Crippen molar-refractivity contribution in [1.82, 2.24) is 10.4 Å². The van der Waals surface area contributed by atoms with Crippen LogP contribution in [0.25, 0.3) is 0 Å². The first-order valence-electron chi connectivity index (χ1n) is 4.00. The standard InChI is InChI=1S/C7H14N2O3/c1-12-8-6-2-4-9(5-3-6)7(10)11/h6,8H,2-5H2,1H3,(H,10,11). The van der Waals surface area contributed by atoms with Gasteiger partial charge in [0.05, 0.1) is 7.11 Å². The number of carbonyl (C=O) groups is 1. The molecular weight excluding hydrogens is 160 g/mol. The van der Waals surface area contributed by atoms with Crippen molar-refractivity contribution in [3.8, 4) is 0 Å². The van der Waals surface area contributed by atoms with Crippen LogP contribution in [0.5, 0.6) is 0 Å². The Morgan fingerprint density at radius 3 is 2.58 bits per heavy atom. The maximum atomic E-state index is 10.5. The fraction of sp³-hybridized carbons (Fsp3) is 0.857. The van der Waals surface area contributed by atoms with Crippen LogP contribution in [0.3, 0.4) is 0 Å². The number of likely N-dealkylation sites (tertiary alicyclic amines) is 1. The molecule has 5 heteroatoms. The average molecular weight is 174 g/mol. The summed E-state index contributed by atoms with van der Waals surface area (Å²) in [5, 5.41) is 8.63. The molecule has 12 heavy (non-hydrogen) atoms. The minimum absolute atomic E-state index is 0.297. The van der Waals surface area contributed by atoms with Gasteiger partial charge in [-0.3, -0.25) is 0 Å². The largest absolute Gasteiger partial charge is 0.465 e. The van der Waals surface area contributed by atoms with E-state index >= 15 is 0 Å². The van der Waals surface area contributed by atoms with Gasteiger partial charge in [-0.2, -0.15) is 5.48 Å². The lowest BCUT2D eigenvalue weighted by Gasteiger charge is -2.29. The smallest absolute Gasteiger partial charge is 0.407 e. The van der Waals surface area contributed by atoms with Gasteiger partial charge < -0.3 is 14.8 Å². The highest BCUT2D eigenvalue weighted by atomic mass is 16.6. The Morgan fingerprint density at radius 1 is 1.58 bits per heavy atom. The van der Waals surface area contributed by atoms with Crippen LogP contribution in [0.1, 0.15) is 12.8 Å². The van der Waals surface area contributed by atoms with Crippen LogP contribution in [0.15, 0.2) is 0 Å². The third kappa shape index (κ3) is 2.35. The van der Waals surface area contributed by atoms with Crippen molar-refractivity contribution in [3.05, 3.63) is 0 Å². The van der Waals surface area contributed by atoms with E-state index in [-0.39, 0.29) is 0 Å². The van der Waals surface area contributed by atoms with E-state index in [2.05, 4.69) is 5.48 Å². The number of rotatable bonds is 2. The summed E-state index contributed by atoms with van der Waals surface area (Å²) in [6, 6.07) is 0.297. The first-order chi connectivity index (χ1) is 5.74. The quantitative estimate of drug-likeness (QED) is 0.590. The van der Waals surface area contributed by atoms with E-state index in [4.69, 9.17) is 9.94 Å². The molecule has 2 N–H and O–H groups in total. The van der Waals surface area contributed by atoms with Gasteiger partial charge >= 0.3 is 6.09 Å². The number of piperidine rings is 1. The van der Waals surface area contributed by atoms with Gasteiger partial charge in [-0.05, 0) is 12.8 Å². The molecule has 0 unspecified atom stereocenters. The molecule has 1 aliphatic rings. The third-order valence-electron chi connectivity index (χ3n) is 2.05. The summed E-state index contributed by atoms with van der Waals surface area (Å²) >= 11 is 0. The van der Waals surface area contributed by atoms with Crippen molar-refractivity contribution >= 4 is 6.09 Å². The fourth-order valence-corrected chi connectivity index (χ4v) is 1.36. The van der Waals surface area contributed by atoms with Gasteiger partial charge in [0.2, 0.25) is 0 Å². The molecule has 0 bridgehead atoms. The van der Waals surface area contributed by atoms with Gasteiger partial charge in [0.25, 0.3) is 0 Å². The summed E-state index contributed by atoms with van der Waals surface area (Å²) in [5.41, 5.74) is 2.82. The van der Waals surface area contributed by atoms with Crippen LogP contribution < -0.4 is 5.48 Å². The van der Waals surface area contributed by atoms with Gasteiger partial charge in [0.15, 0.2) is 0 Å². The second kappa shape index (κ2) is 4.27. The maximum Gasteiger partial charge on any atom is 0.407 e. The Balaban J connectivity index is 2.25. The first kappa shape index (κ1) is 9.28. The van der Waals surface area contributed by atoms with E-state index in [1.165, 1.54) is 4.90 Å². The third-order valence-corrected chi connectivity index (χ3v) is 2.05. The van der Waals surface area contributed by atoms with E-state index in [9.17, 15) is 4.79 Å². The molecule has 1 fully saturated rings. The van der Waals surface area contributed by atoms with Crippen molar-refractivity contribution in [1.29, 1.82) is 0 Å². The van der Waals surface area contributed by atoms with Gasteiger partial charge in [0.1, 0.15) is 0 Å². The monoisotopic (exact) mass is 174 g/mol. The molecule has 5 nitrogen and oxygen atoms in total. The molecule has 1 aliphatic heterocycles. The van der Waals surface area contributed by atoms with E-state index in [0.29, 0.717) is 19.1 Å². The van der Waals surface area contributed by atoms with E-state index < -0.39 is 6.09 Å². The molecule has 0 aromatic rings. The van der Waals surface area contributed by atoms with Crippen LogP contribution in [-0.4, -0.2) is 42.3 Å². The number of amides is 1. The molecule has 0 aromatic carbocycles. The van der Waals surface area contributed by atoms with Crippen molar-refractivity contribution in [3.63, 3.8) is 0 Å². The molecular formula is C7H14N2O3. The van der Waals surface area contributed by atoms with Crippen molar-refractivity contribution in [2.24, 2.45) is 0 Å². The summed E-state index contributed by atoms with van der Waals surface area (Å²) in [5.74, 6) is 0. The molecule has 0 aromatic heterocycles. The maximum absolute atomic E-state index is 10.5. The topological polar surface area (TPSA) is 61.8 Å². The highest BCUT2D eigenvalue weighted by molar-refractivity contribution is 5.64. The Kier molecular flexibility index (Phi) is 3.31. The minimum Gasteiger partial charge on any atom is -0.465 e. The van der Waals surface area contributed by atoms with E-state index in [0.717, 1.165) is 12.8 Å². The molecule has 1 saturated heterocycles. The van der Waals surface area contributed by atoms with Crippen LogP contribution in [0.2, 0.25) is 0 Å². The Labute approximate surface area is 71.3 Å². The average Bonchev–Trinajstić information content (AvgIpc) is 2.06. The summed E-state index contributed by atoms with van der Waals surface area (Å²) in [4.78, 5) is 16.7. The number of hydrogen-bond acceptors (Lipinski definition) is 3. The van der Waals surface area contributed by atoms with Crippen molar-refractivity contribution in [2.75, 3.05) is 20.2 Å². The number of nitrogens with one attached hydrogen (secondary N) is 1. The fourth-order valence-electron chi connectivity index (χ4n) is 1.36. The van der Waals surface area contributed by atoms with Crippen LogP contribution in [0.4, 0.5) is 4.79 Å². The molecule has 1 amide bonds. The highest BCUT2D eigenvalue weighted by Gasteiger charge is 2.21. The minimum atomic E-state index is -0.828. The predicted octanol–water partition coefficient (Wildman–Crippen LogP) is 0.280. The molecule has 0 atom stereocenters. The second-order valence-corrected chi connectivity index (χ2v) is 2.87. The number of hydrogen-bond donors (Lipinski definition) is 2. The van der Waals surface area contributed by atoms with Gasteiger partial charge in [-0.25, -0.2) is 4.79 Å². The normalized spacial score (nSPS) is 19.6. The zero-order valence-corrected chi connectivity index (χ0v) is 7.12. The van der Waals surface area contributed by atoms with Gasteiger partial charge in [-0.15, -0.1) is 0 Å². The van der Waals surface area contributed by atoms with Crippen molar-refractivity contribution in [2.45, 2.75) is 18.9 Å². The first-order valence-corrected chi connectivity index (χ1v) is 4.00. The summed E-state index contributed by atoms with van der Waals surface area (Å²) in [6.45, 7) is 1.19. The lowest BCUT2D eigenvalue weighted by Crippen LogP contribution is -2.44. The Bertz CT molecular complexity index is 155. The van der Waals surface area contributed by atoms with Crippen LogP contribution in [-0.2, 0) is 4.84 Å². The van der Waals surface area contributed by atoms with Gasteiger partial charge in [0, 0.05) is 19.1 Å². The van der Waals surface area contributed by atoms with Crippen LogP contribution >= 0.6 is 0 Å².